The van der Waals surface area contributed by atoms with E-state index in [9.17, 15) is 0 Å². The number of aromatic nitrogens is 2. The average molecular weight is 347 g/mol. The zero-order valence-corrected chi connectivity index (χ0v) is 11.7. The van der Waals surface area contributed by atoms with Crippen LogP contribution in [-0.4, -0.2) is 9.97 Å². The third-order valence-electron chi connectivity index (χ3n) is 2.73. The fraction of sp³-hybridized carbons (Fsp3) is 0. The van der Waals surface area contributed by atoms with Crippen molar-refractivity contribution in [3.05, 3.63) is 61.1 Å². The maximum atomic E-state index is 4.48. The number of hydrogen-bond acceptors (Lipinski definition) is 3. The molecule has 18 heavy (non-hydrogen) atoms. The Balaban J connectivity index is 2.15. The summed E-state index contributed by atoms with van der Waals surface area (Å²) in [4.78, 5) is 8.51. The van der Waals surface area contributed by atoms with Crippen LogP contribution in [0.25, 0.3) is 10.8 Å². The summed E-state index contributed by atoms with van der Waals surface area (Å²) in [6, 6.07) is 14.2. The molecule has 4 heteroatoms. The van der Waals surface area contributed by atoms with Crippen molar-refractivity contribution in [3.8, 4) is 0 Å². The first kappa shape index (κ1) is 11.4. The van der Waals surface area contributed by atoms with E-state index in [2.05, 4.69) is 45.0 Å². The molecule has 0 unspecified atom stereocenters. The molecule has 88 valence electrons. The number of fused-ring (bicyclic) bond motifs is 1. The summed E-state index contributed by atoms with van der Waals surface area (Å²) >= 11 is 2.26. The zero-order chi connectivity index (χ0) is 12.4. The first-order chi connectivity index (χ1) is 8.86. The third kappa shape index (κ3) is 2.03. The first-order valence-corrected chi connectivity index (χ1v) is 6.52. The fourth-order valence-electron chi connectivity index (χ4n) is 1.86. The number of benzene rings is 1. The second kappa shape index (κ2) is 4.89. The molecule has 0 saturated carbocycles. The lowest BCUT2D eigenvalue weighted by atomic mass is 10.1. The lowest BCUT2D eigenvalue weighted by molar-refractivity contribution is 1.27. The van der Waals surface area contributed by atoms with Gasteiger partial charge in [-0.1, -0.05) is 24.3 Å². The quantitative estimate of drug-likeness (QED) is 0.516. The van der Waals surface area contributed by atoms with E-state index in [0.717, 1.165) is 16.9 Å². The van der Waals surface area contributed by atoms with Crippen LogP contribution in [0.3, 0.4) is 0 Å². The second-order valence-corrected chi connectivity index (χ2v) is 4.81. The van der Waals surface area contributed by atoms with Crippen LogP contribution in [-0.2, 0) is 0 Å². The monoisotopic (exact) mass is 347 g/mol. The Labute approximate surface area is 119 Å². The lowest BCUT2D eigenvalue weighted by Crippen LogP contribution is -2.03. The highest BCUT2D eigenvalue weighted by atomic mass is 127. The number of rotatable bonds is 2. The minimum absolute atomic E-state index is 0.944. The highest BCUT2D eigenvalue weighted by Gasteiger charge is 2.10. The molecule has 3 aromatic rings. The fourth-order valence-corrected chi connectivity index (χ4v) is 2.56. The minimum Gasteiger partial charge on any atom is -0.266 e. The van der Waals surface area contributed by atoms with E-state index in [4.69, 9.17) is 0 Å². The number of hydrogen-bond donors (Lipinski definition) is 0. The molecule has 0 amide bonds. The Bertz CT molecular complexity index is 665. The van der Waals surface area contributed by atoms with Crippen molar-refractivity contribution in [1.82, 2.24) is 9.97 Å². The molecule has 2 aromatic heterocycles. The molecule has 0 bridgehead atoms. The number of anilines is 2. The van der Waals surface area contributed by atoms with E-state index in [0.29, 0.717) is 0 Å². The number of halogens is 1. The van der Waals surface area contributed by atoms with Crippen LogP contribution in [0.15, 0.2) is 61.1 Å². The number of pyridine rings is 2. The summed E-state index contributed by atoms with van der Waals surface area (Å²) in [7, 11) is 0. The van der Waals surface area contributed by atoms with E-state index in [1.165, 1.54) is 5.39 Å². The van der Waals surface area contributed by atoms with Crippen LogP contribution in [0.2, 0.25) is 0 Å². The predicted octanol–water partition coefficient (Wildman–Crippen LogP) is 4.12. The topological polar surface area (TPSA) is 29.0 Å². The Morgan fingerprint density at radius 2 is 1.67 bits per heavy atom. The molecule has 3 rings (SSSR count). The highest BCUT2D eigenvalue weighted by Crippen LogP contribution is 2.32. The molecule has 0 spiro atoms. The smallest absolute Gasteiger partial charge is 0.149 e. The van der Waals surface area contributed by atoms with Gasteiger partial charge < -0.3 is 0 Å². The van der Waals surface area contributed by atoms with Crippen LogP contribution < -0.4 is 3.11 Å². The van der Waals surface area contributed by atoms with Crippen molar-refractivity contribution in [2.24, 2.45) is 0 Å². The molecule has 0 aliphatic carbocycles. The summed E-state index contributed by atoms with van der Waals surface area (Å²) in [5.41, 5.74) is 1.06. The van der Waals surface area contributed by atoms with Gasteiger partial charge in [0.1, 0.15) is 5.82 Å². The molecule has 0 N–H and O–H groups in total. The minimum atomic E-state index is 0.944. The van der Waals surface area contributed by atoms with Gasteiger partial charge >= 0.3 is 0 Å². The zero-order valence-electron chi connectivity index (χ0n) is 9.49. The van der Waals surface area contributed by atoms with Gasteiger partial charge in [0, 0.05) is 24.0 Å². The van der Waals surface area contributed by atoms with Gasteiger partial charge in [0.25, 0.3) is 0 Å². The lowest BCUT2D eigenvalue weighted by Gasteiger charge is -2.17. The largest absolute Gasteiger partial charge is 0.266 e. The highest BCUT2D eigenvalue weighted by molar-refractivity contribution is 14.1. The van der Waals surface area contributed by atoms with Gasteiger partial charge in [-0.3, -0.25) is 8.10 Å². The average Bonchev–Trinajstić information content (AvgIpc) is 2.47. The molecule has 1 aromatic carbocycles. The van der Waals surface area contributed by atoms with Crippen LogP contribution in [0, 0.1) is 0 Å². The van der Waals surface area contributed by atoms with Crippen molar-refractivity contribution >= 4 is 45.1 Å². The SMILES string of the molecule is IN(c1ccncc1)c1nccc2ccccc12. The molecule has 0 radical (unpaired) electrons. The van der Waals surface area contributed by atoms with Crippen molar-refractivity contribution in [2.45, 2.75) is 0 Å². The van der Waals surface area contributed by atoms with Crippen molar-refractivity contribution < 1.29 is 0 Å². The van der Waals surface area contributed by atoms with Crippen molar-refractivity contribution in [3.63, 3.8) is 0 Å². The maximum Gasteiger partial charge on any atom is 0.149 e. The Morgan fingerprint density at radius 1 is 0.889 bits per heavy atom. The van der Waals surface area contributed by atoms with Crippen molar-refractivity contribution in [2.75, 3.05) is 3.11 Å². The molecular weight excluding hydrogens is 337 g/mol. The molecule has 0 saturated heterocycles. The molecule has 2 heterocycles. The second-order valence-electron chi connectivity index (χ2n) is 3.84. The van der Waals surface area contributed by atoms with E-state index in [1.54, 1.807) is 12.4 Å². The summed E-state index contributed by atoms with van der Waals surface area (Å²) < 4.78 is 2.04. The molecular formula is C14H10IN3. The van der Waals surface area contributed by atoms with E-state index < -0.39 is 0 Å². The van der Waals surface area contributed by atoms with E-state index in [1.807, 2.05) is 39.6 Å². The maximum absolute atomic E-state index is 4.48. The Kier molecular flexibility index (Phi) is 3.10. The molecule has 3 nitrogen and oxygen atoms in total. The summed E-state index contributed by atoms with van der Waals surface area (Å²) in [6.07, 6.45) is 5.41. The Morgan fingerprint density at radius 3 is 2.50 bits per heavy atom. The van der Waals surface area contributed by atoms with Gasteiger partial charge in [0.2, 0.25) is 0 Å². The summed E-state index contributed by atoms with van der Waals surface area (Å²) in [5.74, 6) is 0.944. The van der Waals surface area contributed by atoms with Crippen LogP contribution in [0.5, 0.6) is 0 Å². The normalized spacial score (nSPS) is 10.5. The van der Waals surface area contributed by atoms with E-state index >= 15 is 0 Å². The van der Waals surface area contributed by atoms with Gasteiger partial charge in [-0.15, -0.1) is 0 Å². The molecule has 0 aliphatic rings. The number of nitrogens with zero attached hydrogens (tertiary/aromatic N) is 3. The first-order valence-electron chi connectivity index (χ1n) is 5.56. The van der Waals surface area contributed by atoms with Crippen LogP contribution in [0.4, 0.5) is 11.5 Å². The van der Waals surface area contributed by atoms with Gasteiger partial charge in [0.05, 0.1) is 28.6 Å². The van der Waals surface area contributed by atoms with E-state index in [-0.39, 0.29) is 0 Å². The third-order valence-corrected chi connectivity index (χ3v) is 3.74. The molecule has 0 atom stereocenters. The van der Waals surface area contributed by atoms with Crippen LogP contribution in [0.1, 0.15) is 0 Å². The van der Waals surface area contributed by atoms with Gasteiger partial charge in [-0.2, -0.15) is 0 Å². The van der Waals surface area contributed by atoms with Gasteiger partial charge in [0.15, 0.2) is 0 Å². The Hall–Kier alpha value is -1.69. The van der Waals surface area contributed by atoms with Crippen molar-refractivity contribution in [1.29, 1.82) is 0 Å². The predicted molar refractivity (Wildman–Crippen MR) is 82.1 cm³/mol. The van der Waals surface area contributed by atoms with Gasteiger partial charge in [-0.05, 0) is 23.6 Å². The summed E-state index contributed by atoms with van der Waals surface area (Å²) in [5, 5.41) is 2.34. The van der Waals surface area contributed by atoms with Crippen LogP contribution >= 0.6 is 22.9 Å². The molecule has 0 fully saturated rings. The molecule has 0 aliphatic heterocycles. The standard InChI is InChI=1S/C14H10IN3/c15-18(12-6-8-16-9-7-12)14-13-4-2-1-3-11(13)5-10-17-14/h1-10H. The van der Waals surface area contributed by atoms with Gasteiger partial charge in [-0.25, -0.2) is 4.98 Å². The summed E-state index contributed by atoms with van der Waals surface area (Å²) in [6.45, 7) is 0.